The molecule has 0 spiro atoms. The number of hydroxylamine groups is 2. The summed E-state index contributed by atoms with van der Waals surface area (Å²) >= 11 is 0. The van der Waals surface area contributed by atoms with Crippen LogP contribution >= 0.6 is 0 Å². The molecule has 5 rings (SSSR count). The van der Waals surface area contributed by atoms with Gasteiger partial charge in [-0.25, -0.2) is 4.79 Å². The number of hydrogen-bond donors (Lipinski definition) is 1. The molecule has 0 aromatic rings. The number of amides is 2. The van der Waals surface area contributed by atoms with Crippen molar-refractivity contribution in [1.82, 2.24) is 5.06 Å². The molecule has 34 heavy (non-hydrogen) atoms. The van der Waals surface area contributed by atoms with Crippen molar-refractivity contribution in [2.45, 2.75) is 77.7 Å². The Morgan fingerprint density at radius 2 is 1.79 bits per heavy atom. The van der Waals surface area contributed by atoms with E-state index in [2.05, 4.69) is 31.2 Å². The molecule has 4 fully saturated rings. The van der Waals surface area contributed by atoms with Gasteiger partial charge in [0.15, 0.2) is 0 Å². The molecule has 2 amide bonds. The van der Waals surface area contributed by atoms with Crippen LogP contribution in [-0.4, -0.2) is 45.9 Å². The highest BCUT2D eigenvalue weighted by Crippen LogP contribution is 2.66. The third-order valence-corrected chi connectivity index (χ3v) is 9.68. The number of carbonyl (C=O) groups excluding carboxylic acids is 3. The molecule has 8 nitrogen and oxygen atoms in total. The van der Waals surface area contributed by atoms with Crippen LogP contribution in [-0.2, 0) is 24.1 Å². The van der Waals surface area contributed by atoms with Crippen molar-refractivity contribution >= 4 is 23.5 Å². The van der Waals surface area contributed by atoms with Crippen molar-refractivity contribution in [2.24, 2.45) is 33.7 Å². The van der Waals surface area contributed by atoms with E-state index in [-0.39, 0.29) is 23.7 Å². The molecule has 8 heteroatoms. The first-order valence-corrected chi connectivity index (χ1v) is 12.4. The van der Waals surface area contributed by atoms with Gasteiger partial charge >= 0.3 is 5.97 Å². The fourth-order valence-corrected chi connectivity index (χ4v) is 7.45. The van der Waals surface area contributed by atoms with E-state index >= 15 is 0 Å². The first-order chi connectivity index (χ1) is 16.0. The van der Waals surface area contributed by atoms with Crippen LogP contribution in [0.2, 0.25) is 0 Å². The predicted octanol–water partition coefficient (Wildman–Crippen LogP) is 3.46. The van der Waals surface area contributed by atoms with Gasteiger partial charge in [-0.1, -0.05) is 30.7 Å². The third kappa shape index (κ3) is 3.53. The Morgan fingerprint density at radius 3 is 2.53 bits per heavy atom. The first kappa shape index (κ1) is 23.3. The lowest BCUT2D eigenvalue weighted by Crippen LogP contribution is -2.53. The standard InChI is InChI=1S/C26H34N2O6/c1-24-11-8-17(27-33-15-23(31)34-28-21(29)6-7-22(28)30)14-16(24)4-5-18-19(24)9-12-25(2)20(18)10-13-26(25,3)32/h8,11,14,18-20,32H,4-7,9-10,12-13,15H2,1-3H3/b27-17+/t18-,19+,20-,24+,25+,26+/m1/s1. The summed E-state index contributed by atoms with van der Waals surface area (Å²) < 4.78 is 0. The molecule has 5 aliphatic rings. The first-order valence-electron chi connectivity index (χ1n) is 12.4. The Labute approximate surface area is 200 Å². The number of imide groups is 1. The number of allylic oxidation sites excluding steroid dienone is 4. The molecule has 184 valence electrons. The van der Waals surface area contributed by atoms with Crippen molar-refractivity contribution in [3.8, 4) is 0 Å². The van der Waals surface area contributed by atoms with Crippen LogP contribution in [0.5, 0.6) is 0 Å². The van der Waals surface area contributed by atoms with Crippen LogP contribution in [0, 0.1) is 28.6 Å². The minimum atomic E-state index is -0.844. The Bertz CT molecular complexity index is 997. The van der Waals surface area contributed by atoms with E-state index < -0.39 is 30.0 Å². The number of oxime groups is 1. The molecule has 1 heterocycles. The maximum absolute atomic E-state index is 11.9. The molecule has 4 aliphatic carbocycles. The number of carbonyl (C=O) groups is 3. The summed E-state index contributed by atoms with van der Waals surface area (Å²) in [5, 5.41) is 15.7. The van der Waals surface area contributed by atoms with Gasteiger partial charge in [0.1, 0.15) is 5.71 Å². The summed E-state index contributed by atoms with van der Waals surface area (Å²) in [6, 6.07) is 0. The fraction of sp³-hybridized carbons (Fsp3) is 0.692. The van der Waals surface area contributed by atoms with Crippen LogP contribution in [0.3, 0.4) is 0 Å². The second-order valence-electron chi connectivity index (χ2n) is 11.3. The van der Waals surface area contributed by atoms with E-state index in [1.165, 1.54) is 5.57 Å². The molecule has 0 bridgehead atoms. The second kappa shape index (κ2) is 8.04. The van der Waals surface area contributed by atoms with Gasteiger partial charge in [-0.3, -0.25) is 9.59 Å². The average molecular weight is 471 g/mol. The van der Waals surface area contributed by atoms with E-state index in [9.17, 15) is 19.5 Å². The largest absolute Gasteiger partial charge is 0.390 e. The summed E-state index contributed by atoms with van der Waals surface area (Å²) in [5.41, 5.74) is 1.37. The summed E-state index contributed by atoms with van der Waals surface area (Å²) in [4.78, 5) is 45.0. The predicted molar refractivity (Wildman–Crippen MR) is 123 cm³/mol. The second-order valence-corrected chi connectivity index (χ2v) is 11.3. The van der Waals surface area contributed by atoms with Gasteiger partial charge in [0, 0.05) is 18.3 Å². The molecule has 6 atom stereocenters. The summed E-state index contributed by atoms with van der Waals surface area (Å²) in [6.45, 7) is 6.16. The molecular formula is C26H34N2O6. The number of aliphatic hydroxyl groups is 1. The van der Waals surface area contributed by atoms with Crippen molar-refractivity contribution in [3.05, 3.63) is 23.8 Å². The third-order valence-electron chi connectivity index (χ3n) is 9.68. The minimum Gasteiger partial charge on any atom is -0.390 e. The maximum Gasteiger partial charge on any atom is 0.373 e. The van der Waals surface area contributed by atoms with E-state index in [4.69, 9.17) is 9.68 Å². The molecule has 1 N–H and O–H groups in total. The van der Waals surface area contributed by atoms with Crippen LogP contribution in [0.15, 0.2) is 29.0 Å². The van der Waals surface area contributed by atoms with Crippen LogP contribution in [0.1, 0.15) is 72.1 Å². The van der Waals surface area contributed by atoms with Gasteiger partial charge in [0.25, 0.3) is 11.8 Å². The van der Waals surface area contributed by atoms with Crippen LogP contribution in [0.25, 0.3) is 0 Å². The zero-order valence-electron chi connectivity index (χ0n) is 20.2. The molecule has 1 saturated heterocycles. The number of rotatable bonds is 4. The smallest absolute Gasteiger partial charge is 0.373 e. The quantitative estimate of drug-likeness (QED) is 0.498. The molecule has 0 radical (unpaired) electrons. The molecule has 1 aliphatic heterocycles. The van der Waals surface area contributed by atoms with Crippen LogP contribution < -0.4 is 0 Å². The molecule has 0 aromatic carbocycles. The highest BCUT2D eigenvalue weighted by atomic mass is 16.7. The Hall–Kier alpha value is -2.48. The van der Waals surface area contributed by atoms with E-state index in [1.54, 1.807) is 0 Å². The summed E-state index contributed by atoms with van der Waals surface area (Å²) in [5.74, 6) is -0.175. The van der Waals surface area contributed by atoms with Crippen molar-refractivity contribution in [1.29, 1.82) is 0 Å². The Kier molecular flexibility index (Phi) is 5.50. The number of nitrogens with zero attached hydrogens (tertiary/aromatic N) is 2. The zero-order valence-corrected chi connectivity index (χ0v) is 20.2. The van der Waals surface area contributed by atoms with Gasteiger partial charge in [-0.15, -0.1) is 5.06 Å². The monoisotopic (exact) mass is 470 g/mol. The lowest BCUT2D eigenvalue weighted by Gasteiger charge is -2.58. The van der Waals surface area contributed by atoms with E-state index in [1.807, 2.05) is 13.0 Å². The number of hydrogen-bond acceptors (Lipinski definition) is 7. The highest BCUT2D eigenvalue weighted by Gasteiger charge is 2.62. The van der Waals surface area contributed by atoms with Gasteiger partial charge in [-0.2, -0.15) is 0 Å². The van der Waals surface area contributed by atoms with Crippen LogP contribution in [0.4, 0.5) is 0 Å². The Morgan fingerprint density at radius 1 is 1.09 bits per heavy atom. The minimum absolute atomic E-state index is 0.00346. The zero-order chi connectivity index (χ0) is 24.3. The average Bonchev–Trinajstić information content (AvgIpc) is 3.23. The van der Waals surface area contributed by atoms with Gasteiger partial charge < -0.3 is 14.8 Å². The van der Waals surface area contributed by atoms with Crippen molar-refractivity contribution < 1.29 is 29.2 Å². The van der Waals surface area contributed by atoms with Crippen molar-refractivity contribution in [3.63, 3.8) is 0 Å². The summed E-state index contributed by atoms with van der Waals surface area (Å²) in [7, 11) is 0. The van der Waals surface area contributed by atoms with Gasteiger partial charge in [-0.05, 0) is 80.8 Å². The molecule has 3 saturated carbocycles. The highest BCUT2D eigenvalue weighted by molar-refractivity contribution is 6.05. The lowest BCUT2D eigenvalue weighted by molar-refractivity contribution is -0.200. The fourth-order valence-electron chi connectivity index (χ4n) is 7.45. The SMILES string of the molecule is C[C@]12C=C/C(=N\OCC(=O)ON3C(=O)CCC3=O)C=C1CC[C@H]1[C@H]3CC[C@](C)(O)[C@@]3(C)CC[C@@H]12. The van der Waals surface area contributed by atoms with E-state index in [0.29, 0.717) is 28.5 Å². The van der Waals surface area contributed by atoms with E-state index in [0.717, 1.165) is 38.5 Å². The maximum atomic E-state index is 11.9. The number of fused-ring (bicyclic) bond motifs is 5. The summed E-state index contributed by atoms with van der Waals surface area (Å²) in [6.07, 6.45) is 12.6. The normalized spacial score (nSPS) is 42.2. The van der Waals surface area contributed by atoms with Gasteiger partial charge in [0.05, 0.1) is 5.60 Å². The molecular weight excluding hydrogens is 436 g/mol. The molecule has 0 unspecified atom stereocenters. The molecule has 0 aromatic heterocycles. The van der Waals surface area contributed by atoms with Gasteiger partial charge in [0.2, 0.25) is 6.61 Å². The Balaban J connectivity index is 1.23. The lowest BCUT2D eigenvalue weighted by atomic mass is 9.47. The topological polar surface area (TPSA) is 106 Å². The van der Waals surface area contributed by atoms with Crippen molar-refractivity contribution in [2.75, 3.05) is 6.61 Å².